The first kappa shape index (κ1) is 14.1. The number of hydrogen-bond donors (Lipinski definition) is 2. The van der Waals surface area contributed by atoms with Crippen molar-refractivity contribution < 1.29 is 10.2 Å². The number of aliphatic hydroxyl groups excluding tert-OH is 1. The van der Waals surface area contributed by atoms with E-state index < -0.39 is 11.7 Å². The maximum absolute atomic E-state index is 9.85. The molecule has 0 aromatic heterocycles. The van der Waals surface area contributed by atoms with Crippen molar-refractivity contribution >= 4 is 11.8 Å². The highest BCUT2D eigenvalue weighted by atomic mass is 32.2. The Morgan fingerprint density at radius 3 is 2.41 bits per heavy atom. The van der Waals surface area contributed by atoms with Gasteiger partial charge in [-0.1, -0.05) is 30.9 Å². The van der Waals surface area contributed by atoms with E-state index in [0.29, 0.717) is 6.42 Å². The minimum Gasteiger partial charge on any atom is -0.378 e. The van der Waals surface area contributed by atoms with Gasteiger partial charge in [-0.05, 0) is 37.3 Å². The lowest BCUT2D eigenvalue weighted by Crippen LogP contribution is -2.19. The molecule has 17 heavy (non-hydrogen) atoms. The Morgan fingerprint density at radius 1 is 1.35 bits per heavy atom. The predicted octanol–water partition coefficient (Wildman–Crippen LogP) is 2.61. The van der Waals surface area contributed by atoms with Crippen LogP contribution in [0.25, 0.3) is 0 Å². The molecule has 0 saturated carbocycles. The molecule has 0 amide bonds. The van der Waals surface area contributed by atoms with Gasteiger partial charge in [-0.2, -0.15) is 0 Å². The lowest BCUT2D eigenvalue weighted by atomic mass is 10.0. The van der Waals surface area contributed by atoms with Gasteiger partial charge in [0, 0.05) is 4.90 Å². The van der Waals surface area contributed by atoms with E-state index in [4.69, 9.17) is 0 Å². The van der Waals surface area contributed by atoms with Crippen LogP contribution >= 0.6 is 11.8 Å². The SMILES string of the molecule is CC[C@](C)(O)C#C[C@@H](O)c1ccc(SC)cc1. The summed E-state index contributed by atoms with van der Waals surface area (Å²) in [6.07, 6.45) is 1.70. The average Bonchev–Trinajstić information content (AvgIpc) is 2.36. The maximum atomic E-state index is 9.85. The van der Waals surface area contributed by atoms with Crippen LogP contribution in [0.5, 0.6) is 0 Å². The van der Waals surface area contributed by atoms with Crippen LogP contribution < -0.4 is 0 Å². The van der Waals surface area contributed by atoms with E-state index in [1.807, 2.05) is 37.4 Å². The zero-order valence-corrected chi connectivity index (χ0v) is 11.2. The molecule has 0 heterocycles. The summed E-state index contributed by atoms with van der Waals surface area (Å²) in [4.78, 5) is 1.15. The monoisotopic (exact) mass is 250 g/mol. The second-order valence-corrected chi connectivity index (χ2v) is 4.95. The summed E-state index contributed by atoms with van der Waals surface area (Å²) in [6.45, 7) is 3.50. The minimum absolute atomic E-state index is 0.540. The van der Waals surface area contributed by atoms with Gasteiger partial charge in [0.1, 0.15) is 11.7 Å². The molecule has 0 unspecified atom stereocenters. The Balaban J connectivity index is 2.79. The third kappa shape index (κ3) is 4.43. The largest absolute Gasteiger partial charge is 0.378 e. The summed E-state index contributed by atoms with van der Waals surface area (Å²) in [6, 6.07) is 7.60. The lowest BCUT2D eigenvalue weighted by molar-refractivity contribution is 0.117. The van der Waals surface area contributed by atoms with E-state index in [2.05, 4.69) is 11.8 Å². The van der Waals surface area contributed by atoms with Gasteiger partial charge in [-0.3, -0.25) is 0 Å². The molecule has 2 atom stereocenters. The second kappa shape index (κ2) is 6.11. The highest BCUT2D eigenvalue weighted by molar-refractivity contribution is 7.98. The fourth-order valence-corrected chi connectivity index (χ4v) is 1.59. The third-order valence-electron chi connectivity index (χ3n) is 2.60. The maximum Gasteiger partial charge on any atom is 0.140 e. The molecule has 0 radical (unpaired) electrons. The lowest BCUT2D eigenvalue weighted by Gasteiger charge is -2.13. The number of benzene rings is 1. The van der Waals surface area contributed by atoms with Crippen molar-refractivity contribution in [1.29, 1.82) is 0 Å². The van der Waals surface area contributed by atoms with Gasteiger partial charge in [-0.15, -0.1) is 11.8 Å². The van der Waals surface area contributed by atoms with Crippen LogP contribution in [0.3, 0.4) is 0 Å². The van der Waals surface area contributed by atoms with Crippen LogP contribution in [0.1, 0.15) is 31.9 Å². The molecule has 92 valence electrons. The zero-order valence-electron chi connectivity index (χ0n) is 10.4. The van der Waals surface area contributed by atoms with E-state index in [-0.39, 0.29) is 0 Å². The molecule has 0 saturated heterocycles. The van der Waals surface area contributed by atoms with Crippen LogP contribution in [0.4, 0.5) is 0 Å². The number of thioether (sulfide) groups is 1. The molecule has 0 spiro atoms. The summed E-state index contributed by atoms with van der Waals surface area (Å²) in [5, 5.41) is 19.6. The molecular formula is C14H18O2S. The Bertz CT molecular complexity index is 412. The van der Waals surface area contributed by atoms with E-state index in [1.54, 1.807) is 18.7 Å². The molecule has 0 aliphatic carbocycles. The topological polar surface area (TPSA) is 40.5 Å². The van der Waals surface area contributed by atoms with Gasteiger partial charge in [0.15, 0.2) is 0 Å². The second-order valence-electron chi connectivity index (χ2n) is 4.07. The summed E-state index contributed by atoms with van der Waals surface area (Å²) in [5.74, 6) is 5.36. The summed E-state index contributed by atoms with van der Waals surface area (Å²) >= 11 is 1.65. The zero-order chi connectivity index (χ0) is 12.9. The van der Waals surface area contributed by atoms with Gasteiger partial charge >= 0.3 is 0 Å². The average molecular weight is 250 g/mol. The molecule has 1 aromatic rings. The van der Waals surface area contributed by atoms with Crippen molar-refractivity contribution in [2.45, 2.75) is 36.9 Å². The van der Waals surface area contributed by atoms with Gasteiger partial charge in [0.2, 0.25) is 0 Å². The van der Waals surface area contributed by atoms with Crippen molar-refractivity contribution in [3.05, 3.63) is 29.8 Å². The van der Waals surface area contributed by atoms with Crippen LogP contribution in [0, 0.1) is 11.8 Å². The fourth-order valence-electron chi connectivity index (χ4n) is 1.18. The smallest absolute Gasteiger partial charge is 0.140 e. The Morgan fingerprint density at radius 2 is 1.94 bits per heavy atom. The van der Waals surface area contributed by atoms with Gasteiger partial charge in [0.25, 0.3) is 0 Å². The van der Waals surface area contributed by atoms with Crippen molar-refractivity contribution in [1.82, 2.24) is 0 Å². The normalized spacial score (nSPS) is 15.6. The van der Waals surface area contributed by atoms with Gasteiger partial charge in [-0.25, -0.2) is 0 Å². The summed E-state index contributed by atoms with van der Waals surface area (Å²) in [7, 11) is 0. The highest BCUT2D eigenvalue weighted by Crippen LogP contribution is 2.19. The molecule has 0 fully saturated rings. The van der Waals surface area contributed by atoms with Crippen LogP contribution in [-0.4, -0.2) is 22.1 Å². The van der Waals surface area contributed by atoms with Crippen molar-refractivity contribution in [3.8, 4) is 11.8 Å². The van der Waals surface area contributed by atoms with Crippen molar-refractivity contribution in [2.24, 2.45) is 0 Å². The van der Waals surface area contributed by atoms with Crippen LogP contribution in [0.2, 0.25) is 0 Å². The number of rotatable bonds is 3. The Hall–Kier alpha value is -0.950. The number of hydrogen-bond acceptors (Lipinski definition) is 3. The first-order valence-corrected chi connectivity index (χ1v) is 6.78. The van der Waals surface area contributed by atoms with E-state index in [9.17, 15) is 10.2 Å². The van der Waals surface area contributed by atoms with E-state index in [1.165, 1.54) is 0 Å². The molecule has 3 heteroatoms. The molecule has 1 aromatic carbocycles. The standard InChI is InChI=1S/C14H18O2S/c1-4-14(2,16)10-9-13(15)11-5-7-12(17-3)8-6-11/h5-8,13,15-16H,4H2,1-3H3/t13-,14+/m1/s1. The molecule has 0 aliphatic rings. The summed E-state index contributed by atoms with van der Waals surface area (Å²) in [5.41, 5.74) is -0.276. The molecule has 0 aliphatic heterocycles. The van der Waals surface area contributed by atoms with Gasteiger partial charge in [0.05, 0.1) is 0 Å². The molecule has 0 bridgehead atoms. The first-order chi connectivity index (χ1) is 7.98. The highest BCUT2D eigenvalue weighted by Gasteiger charge is 2.13. The third-order valence-corrected chi connectivity index (χ3v) is 3.34. The molecule has 2 nitrogen and oxygen atoms in total. The fraction of sp³-hybridized carbons (Fsp3) is 0.429. The van der Waals surface area contributed by atoms with Gasteiger partial charge < -0.3 is 10.2 Å². The molecule has 1 rings (SSSR count). The Kier molecular flexibility index (Phi) is 5.07. The quantitative estimate of drug-likeness (QED) is 0.640. The predicted molar refractivity (Wildman–Crippen MR) is 71.9 cm³/mol. The van der Waals surface area contributed by atoms with Crippen LogP contribution in [-0.2, 0) is 0 Å². The molecule has 2 N–H and O–H groups in total. The Labute approximate surface area is 107 Å². The summed E-state index contributed by atoms with van der Waals surface area (Å²) < 4.78 is 0. The molecular weight excluding hydrogens is 232 g/mol. The minimum atomic E-state index is -1.03. The number of aliphatic hydroxyl groups is 2. The first-order valence-electron chi connectivity index (χ1n) is 5.55. The van der Waals surface area contributed by atoms with Crippen LogP contribution in [0.15, 0.2) is 29.2 Å². The van der Waals surface area contributed by atoms with Crippen molar-refractivity contribution in [2.75, 3.05) is 6.26 Å². The van der Waals surface area contributed by atoms with Crippen molar-refractivity contribution in [3.63, 3.8) is 0 Å². The van der Waals surface area contributed by atoms with E-state index in [0.717, 1.165) is 10.5 Å². The van der Waals surface area contributed by atoms with E-state index >= 15 is 0 Å².